The van der Waals surface area contributed by atoms with Crippen molar-refractivity contribution in [1.29, 1.82) is 0 Å². The number of nitrogens with one attached hydrogen (secondary N) is 2. The van der Waals surface area contributed by atoms with Crippen molar-refractivity contribution in [3.63, 3.8) is 0 Å². The van der Waals surface area contributed by atoms with Gasteiger partial charge in [0.05, 0.1) is 12.4 Å². The summed E-state index contributed by atoms with van der Waals surface area (Å²) in [6.07, 6.45) is 2.76. The monoisotopic (exact) mass is 524 g/mol. The summed E-state index contributed by atoms with van der Waals surface area (Å²) in [7, 11) is 1.29. The van der Waals surface area contributed by atoms with Crippen LogP contribution in [0.5, 0.6) is 0 Å². The minimum absolute atomic E-state index is 0.0860. The zero-order valence-electron chi connectivity index (χ0n) is 21.9. The molecular formula is C29H36N2O5S. The van der Waals surface area contributed by atoms with Gasteiger partial charge in [-0.25, -0.2) is 4.79 Å². The molecule has 0 aromatic heterocycles. The molecule has 3 rings (SSSR count). The van der Waals surface area contributed by atoms with Gasteiger partial charge in [-0.2, -0.15) is 0 Å². The highest BCUT2D eigenvalue weighted by molar-refractivity contribution is 8.14. The Labute approximate surface area is 223 Å². The van der Waals surface area contributed by atoms with Gasteiger partial charge in [-0.1, -0.05) is 93.0 Å². The zero-order valence-corrected chi connectivity index (χ0v) is 22.7. The molecule has 0 spiro atoms. The molecule has 2 atom stereocenters. The Hall–Kier alpha value is -3.13. The van der Waals surface area contributed by atoms with Crippen LogP contribution in [0.4, 0.5) is 0 Å². The minimum atomic E-state index is -1.12. The Balaban J connectivity index is 1.75. The second-order valence-electron chi connectivity index (χ2n) is 9.87. The topological polar surface area (TPSA) is 102 Å². The number of carbonyl (C=O) groups excluding carboxylic acids is 4. The molecule has 0 unspecified atom stereocenters. The van der Waals surface area contributed by atoms with E-state index in [4.69, 9.17) is 4.74 Å². The maximum atomic E-state index is 13.6. The molecule has 1 aliphatic carbocycles. The lowest BCUT2D eigenvalue weighted by atomic mass is 9.94. The predicted molar refractivity (Wildman–Crippen MR) is 146 cm³/mol. The normalized spacial score (nSPS) is 16.0. The first-order chi connectivity index (χ1) is 17.6. The molecule has 2 aromatic carbocycles. The number of amides is 2. The zero-order chi connectivity index (χ0) is 27.0. The van der Waals surface area contributed by atoms with Gasteiger partial charge in [0.1, 0.15) is 11.6 Å². The molecule has 1 saturated carbocycles. The van der Waals surface area contributed by atoms with E-state index in [1.165, 1.54) is 14.0 Å². The van der Waals surface area contributed by atoms with Crippen LogP contribution in [-0.2, 0) is 30.3 Å². The molecule has 0 bridgehead atoms. The van der Waals surface area contributed by atoms with Crippen molar-refractivity contribution in [1.82, 2.24) is 10.6 Å². The summed E-state index contributed by atoms with van der Waals surface area (Å²) in [4.78, 5) is 51.0. The van der Waals surface area contributed by atoms with Crippen LogP contribution in [0.25, 0.3) is 11.1 Å². The number of thioether (sulfide) groups is 1. The van der Waals surface area contributed by atoms with Crippen molar-refractivity contribution in [3.05, 3.63) is 60.2 Å². The van der Waals surface area contributed by atoms with Crippen molar-refractivity contribution in [2.75, 3.05) is 7.11 Å². The SMILES string of the molecule is COC(=O)[C@H](Cc1ccc(-c2ccccc2)cc1)NC(=O)C1(NC(=O)[C@@H](SC(C)=O)C(C)C)CCCC1. The fourth-order valence-electron chi connectivity index (χ4n) is 4.70. The molecule has 0 radical (unpaired) electrons. The molecule has 0 heterocycles. The summed E-state index contributed by atoms with van der Waals surface area (Å²) in [5.74, 6) is -1.37. The van der Waals surface area contributed by atoms with E-state index in [0.29, 0.717) is 12.8 Å². The lowest BCUT2D eigenvalue weighted by molar-refractivity contribution is -0.146. The van der Waals surface area contributed by atoms with Crippen LogP contribution >= 0.6 is 11.8 Å². The molecule has 0 aliphatic heterocycles. The number of hydrogen-bond acceptors (Lipinski definition) is 6. The van der Waals surface area contributed by atoms with Crippen molar-refractivity contribution < 1.29 is 23.9 Å². The van der Waals surface area contributed by atoms with Gasteiger partial charge in [0.2, 0.25) is 11.8 Å². The maximum absolute atomic E-state index is 13.6. The summed E-state index contributed by atoms with van der Waals surface area (Å²) in [6.45, 7) is 5.18. The fraction of sp³-hybridized carbons (Fsp3) is 0.448. The highest BCUT2D eigenvalue weighted by Crippen LogP contribution is 2.32. The molecular weight excluding hydrogens is 488 g/mol. The molecule has 37 heavy (non-hydrogen) atoms. The standard InChI is InChI=1S/C29H36N2O5S/c1-19(2)25(37-20(3)32)26(33)31-29(16-8-9-17-29)28(35)30-24(27(34)36-4)18-21-12-14-23(15-13-21)22-10-6-5-7-11-22/h5-7,10-15,19,24-25H,8-9,16-18H2,1-4H3,(H,30,35)(H,31,33)/t24-,25-/m0/s1. The van der Waals surface area contributed by atoms with Crippen LogP contribution in [0.2, 0.25) is 0 Å². The Morgan fingerprint density at radius 1 is 0.946 bits per heavy atom. The number of benzene rings is 2. The van der Waals surface area contributed by atoms with Gasteiger partial charge >= 0.3 is 5.97 Å². The fourth-order valence-corrected chi connectivity index (χ4v) is 5.49. The molecule has 2 aromatic rings. The second-order valence-corrected chi connectivity index (χ2v) is 11.2. The first-order valence-electron chi connectivity index (χ1n) is 12.7. The highest BCUT2D eigenvalue weighted by atomic mass is 32.2. The van der Waals surface area contributed by atoms with Gasteiger partial charge < -0.3 is 15.4 Å². The molecule has 1 aliphatic rings. The van der Waals surface area contributed by atoms with E-state index < -0.39 is 28.7 Å². The van der Waals surface area contributed by atoms with Gasteiger partial charge in [0, 0.05) is 13.3 Å². The summed E-state index contributed by atoms with van der Waals surface area (Å²) in [5.41, 5.74) is 1.90. The smallest absolute Gasteiger partial charge is 0.328 e. The quantitative estimate of drug-likeness (QED) is 0.450. The van der Waals surface area contributed by atoms with E-state index in [9.17, 15) is 19.2 Å². The molecule has 1 fully saturated rings. The predicted octanol–water partition coefficient (Wildman–Crippen LogP) is 4.29. The lowest BCUT2D eigenvalue weighted by Gasteiger charge is -2.32. The Bertz CT molecular complexity index is 1100. The van der Waals surface area contributed by atoms with Gasteiger partial charge in [0.25, 0.3) is 0 Å². The van der Waals surface area contributed by atoms with E-state index in [-0.39, 0.29) is 23.4 Å². The molecule has 2 N–H and O–H groups in total. The van der Waals surface area contributed by atoms with E-state index in [1.54, 1.807) is 0 Å². The third-order valence-corrected chi connectivity index (χ3v) is 8.05. The van der Waals surface area contributed by atoms with Crippen LogP contribution < -0.4 is 10.6 Å². The third kappa shape index (κ3) is 7.44. The van der Waals surface area contributed by atoms with Crippen molar-refractivity contribution in [3.8, 4) is 11.1 Å². The third-order valence-electron chi connectivity index (χ3n) is 6.70. The number of hydrogen-bond donors (Lipinski definition) is 2. The summed E-state index contributed by atoms with van der Waals surface area (Å²) < 4.78 is 4.99. The van der Waals surface area contributed by atoms with E-state index in [1.807, 2.05) is 68.4 Å². The molecule has 7 nitrogen and oxygen atoms in total. The van der Waals surface area contributed by atoms with Gasteiger partial charge in [-0.3, -0.25) is 14.4 Å². The van der Waals surface area contributed by atoms with Crippen LogP contribution in [0.15, 0.2) is 54.6 Å². The summed E-state index contributed by atoms with van der Waals surface area (Å²) in [5, 5.41) is 5.07. The average molecular weight is 525 g/mol. The number of rotatable bonds is 10. The molecule has 0 saturated heterocycles. The second kappa shape index (κ2) is 12.9. The summed E-state index contributed by atoms with van der Waals surface area (Å²) in [6, 6.07) is 16.9. The van der Waals surface area contributed by atoms with Gasteiger partial charge in [-0.05, 0) is 35.4 Å². The number of ether oxygens (including phenoxy) is 1. The Morgan fingerprint density at radius 2 is 1.54 bits per heavy atom. The molecule has 2 amide bonds. The largest absolute Gasteiger partial charge is 0.467 e. The summed E-state index contributed by atoms with van der Waals surface area (Å²) >= 11 is 0.976. The molecule has 198 valence electrons. The van der Waals surface area contributed by atoms with Gasteiger partial charge in [0.15, 0.2) is 5.12 Å². The lowest BCUT2D eigenvalue weighted by Crippen LogP contribution is -2.61. The van der Waals surface area contributed by atoms with Crippen molar-refractivity contribution >= 4 is 34.7 Å². The van der Waals surface area contributed by atoms with E-state index >= 15 is 0 Å². The Kier molecular flexibility index (Phi) is 9.92. The molecule has 8 heteroatoms. The maximum Gasteiger partial charge on any atom is 0.328 e. The van der Waals surface area contributed by atoms with Crippen LogP contribution in [-0.4, -0.2) is 46.8 Å². The first-order valence-corrected chi connectivity index (χ1v) is 13.6. The number of methoxy groups -OCH3 is 1. The van der Waals surface area contributed by atoms with Crippen molar-refractivity contribution in [2.45, 2.75) is 69.7 Å². The first kappa shape index (κ1) is 28.4. The Morgan fingerprint density at radius 3 is 2.08 bits per heavy atom. The van der Waals surface area contributed by atoms with Crippen LogP contribution in [0.1, 0.15) is 52.0 Å². The van der Waals surface area contributed by atoms with Gasteiger partial charge in [-0.15, -0.1) is 0 Å². The average Bonchev–Trinajstić information content (AvgIpc) is 3.36. The number of esters is 1. The highest BCUT2D eigenvalue weighted by Gasteiger charge is 2.45. The van der Waals surface area contributed by atoms with E-state index in [0.717, 1.165) is 41.3 Å². The number of carbonyl (C=O) groups is 4. The van der Waals surface area contributed by atoms with E-state index in [2.05, 4.69) is 10.6 Å². The van der Waals surface area contributed by atoms with Crippen LogP contribution in [0, 0.1) is 5.92 Å². The van der Waals surface area contributed by atoms with Crippen molar-refractivity contribution in [2.24, 2.45) is 5.92 Å². The minimum Gasteiger partial charge on any atom is -0.467 e. The van der Waals surface area contributed by atoms with Crippen LogP contribution in [0.3, 0.4) is 0 Å².